The van der Waals surface area contributed by atoms with Crippen molar-refractivity contribution >= 4 is 34.7 Å². The van der Waals surface area contributed by atoms with Crippen LogP contribution in [0.15, 0.2) is 66.2 Å². The molecule has 1 unspecified atom stereocenters. The minimum Gasteiger partial charge on any atom is -0.507 e. The largest absolute Gasteiger partial charge is 0.507 e. The van der Waals surface area contributed by atoms with Gasteiger partial charge in [0.25, 0.3) is 11.7 Å². The summed E-state index contributed by atoms with van der Waals surface area (Å²) in [6.45, 7) is 4.19. The molecule has 1 aliphatic rings. The molecule has 1 fully saturated rings. The Labute approximate surface area is 214 Å². The molecule has 0 bridgehead atoms. The number of benzene rings is 3. The lowest BCUT2D eigenvalue weighted by molar-refractivity contribution is -0.132. The Kier molecular flexibility index (Phi) is 7.22. The molecule has 4 rings (SSSR count). The molecule has 8 heteroatoms. The molecular weight excluding hydrogens is 482 g/mol. The molecule has 0 saturated carbocycles. The highest BCUT2D eigenvalue weighted by Gasteiger charge is 2.47. The van der Waals surface area contributed by atoms with E-state index < -0.39 is 23.5 Å². The summed E-state index contributed by atoms with van der Waals surface area (Å²) in [6.07, 6.45) is 0. The van der Waals surface area contributed by atoms with Gasteiger partial charge in [-0.2, -0.15) is 0 Å². The number of rotatable bonds is 7. The second-order valence-electron chi connectivity index (χ2n) is 8.14. The standard InChI is InChI=1S/C28H26ClNO6/c1-5-36-18-11-8-10-17(13-18)30-25(19-12-7-6-9-16(19)2)24(27(32)28(30)33)26(31)20-14-21(29)23(35-4)15-22(20)34-3/h6-15,25,31H,5H2,1-4H3/b26-24+. The predicted octanol–water partition coefficient (Wildman–Crippen LogP) is 5.69. The van der Waals surface area contributed by atoms with Crippen molar-refractivity contribution in [3.05, 3.63) is 87.9 Å². The zero-order chi connectivity index (χ0) is 26.0. The van der Waals surface area contributed by atoms with E-state index in [0.717, 1.165) is 5.56 Å². The first kappa shape index (κ1) is 25.1. The Balaban J connectivity index is 1.99. The smallest absolute Gasteiger partial charge is 0.300 e. The minimum absolute atomic E-state index is 0.0735. The second kappa shape index (κ2) is 10.3. The van der Waals surface area contributed by atoms with Gasteiger partial charge in [0, 0.05) is 17.8 Å². The van der Waals surface area contributed by atoms with E-state index in [9.17, 15) is 14.7 Å². The van der Waals surface area contributed by atoms with Crippen LogP contribution >= 0.6 is 11.6 Å². The normalized spacial score (nSPS) is 16.8. The van der Waals surface area contributed by atoms with Gasteiger partial charge >= 0.3 is 0 Å². The molecular formula is C28H26ClNO6. The highest BCUT2D eigenvalue weighted by molar-refractivity contribution is 6.51. The number of Topliss-reactive ketones (excluding diaryl/α,β-unsaturated/α-hetero) is 1. The van der Waals surface area contributed by atoms with Gasteiger partial charge in [-0.3, -0.25) is 14.5 Å². The summed E-state index contributed by atoms with van der Waals surface area (Å²) >= 11 is 6.33. The van der Waals surface area contributed by atoms with Crippen molar-refractivity contribution in [3.63, 3.8) is 0 Å². The van der Waals surface area contributed by atoms with Gasteiger partial charge in [-0.15, -0.1) is 0 Å². The van der Waals surface area contributed by atoms with Crippen molar-refractivity contribution in [1.82, 2.24) is 0 Å². The number of aliphatic hydroxyl groups is 1. The van der Waals surface area contributed by atoms with Crippen LogP contribution in [0.5, 0.6) is 17.2 Å². The van der Waals surface area contributed by atoms with Crippen LogP contribution in [0, 0.1) is 6.92 Å². The number of methoxy groups -OCH3 is 2. The van der Waals surface area contributed by atoms with Crippen LogP contribution in [0.1, 0.15) is 29.7 Å². The number of ether oxygens (including phenoxy) is 3. The lowest BCUT2D eigenvalue weighted by atomic mass is 9.92. The molecule has 186 valence electrons. The topological polar surface area (TPSA) is 85.3 Å². The van der Waals surface area contributed by atoms with Gasteiger partial charge in [0.15, 0.2) is 0 Å². The van der Waals surface area contributed by atoms with Crippen LogP contribution in [-0.2, 0) is 9.59 Å². The average molecular weight is 508 g/mol. The Morgan fingerprint density at radius 2 is 1.72 bits per heavy atom. The third kappa shape index (κ3) is 4.38. The fourth-order valence-electron chi connectivity index (χ4n) is 4.37. The number of nitrogens with zero attached hydrogens (tertiary/aromatic N) is 1. The predicted molar refractivity (Wildman–Crippen MR) is 138 cm³/mol. The maximum Gasteiger partial charge on any atom is 0.300 e. The fourth-order valence-corrected chi connectivity index (χ4v) is 4.61. The molecule has 1 aliphatic heterocycles. The molecule has 0 spiro atoms. The summed E-state index contributed by atoms with van der Waals surface area (Å²) in [5.74, 6) is -0.848. The molecule has 36 heavy (non-hydrogen) atoms. The molecule has 3 aromatic rings. The van der Waals surface area contributed by atoms with Gasteiger partial charge in [-0.1, -0.05) is 41.9 Å². The number of halogens is 1. The summed E-state index contributed by atoms with van der Waals surface area (Å²) in [5, 5.41) is 11.7. The first-order valence-corrected chi connectivity index (χ1v) is 11.7. The van der Waals surface area contributed by atoms with E-state index >= 15 is 0 Å². The Morgan fingerprint density at radius 1 is 1.00 bits per heavy atom. The van der Waals surface area contributed by atoms with Crippen LogP contribution in [0.2, 0.25) is 5.02 Å². The molecule has 1 heterocycles. The van der Waals surface area contributed by atoms with Crippen molar-refractivity contribution < 1.29 is 28.9 Å². The van der Waals surface area contributed by atoms with Gasteiger partial charge in [0.05, 0.1) is 43.0 Å². The van der Waals surface area contributed by atoms with Gasteiger partial charge in [0.1, 0.15) is 23.0 Å². The van der Waals surface area contributed by atoms with Crippen LogP contribution in [-0.4, -0.2) is 37.6 Å². The molecule has 1 N–H and O–H groups in total. The summed E-state index contributed by atoms with van der Waals surface area (Å²) < 4.78 is 16.3. The number of anilines is 1. The van der Waals surface area contributed by atoms with Gasteiger partial charge in [-0.05, 0) is 43.2 Å². The van der Waals surface area contributed by atoms with Crippen molar-refractivity contribution in [2.75, 3.05) is 25.7 Å². The minimum atomic E-state index is -0.895. The molecule has 1 saturated heterocycles. The number of aryl methyl sites for hydroxylation is 1. The number of carbonyl (C=O) groups excluding carboxylic acids is 2. The Hall–Kier alpha value is -3.97. The van der Waals surface area contributed by atoms with E-state index in [0.29, 0.717) is 29.4 Å². The molecule has 1 amide bonds. The van der Waals surface area contributed by atoms with Crippen molar-refractivity contribution in [2.45, 2.75) is 19.9 Å². The lowest BCUT2D eigenvalue weighted by Gasteiger charge is -2.27. The highest BCUT2D eigenvalue weighted by Crippen LogP contribution is 2.45. The summed E-state index contributed by atoms with van der Waals surface area (Å²) in [7, 11) is 2.89. The first-order chi connectivity index (χ1) is 17.3. The maximum atomic E-state index is 13.5. The SMILES string of the molecule is CCOc1cccc(N2C(=O)C(=O)/C(=C(/O)c3cc(Cl)c(OC)cc3OC)C2c2ccccc2C)c1. The maximum absolute atomic E-state index is 13.5. The van der Waals surface area contributed by atoms with Crippen LogP contribution in [0.3, 0.4) is 0 Å². The zero-order valence-electron chi connectivity index (χ0n) is 20.4. The monoisotopic (exact) mass is 507 g/mol. The van der Waals surface area contributed by atoms with Gasteiger partial charge in [-0.25, -0.2) is 0 Å². The number of hydrogen-bond donors (Lipinski definition) is 1. The van der Waals surface area contributed by atoms with Crippen molar-refractivity contribution in [2.24, 2.45) is 0 Å². The van der Waals surface area contributed by atoms with E-state index in [4.69, 9.17) is 25.8 Å². The third-order valence-corrected chi connectivity index (χ3v) is 6.36. The molecule has 7 nitrogen and oxygen atoms in total. The van der Waals surface area contributed by atoms with Crippen molar-refractivity contribution in [3.8, 4) is 17.2 Å². The number of amides is 1. The summed E-state index contributed by atoms with van der Waals surface area (Å²) in [6, 6.07) is 16.4. The van der Waals surface area contributed by atoms with E-state index in [-0.39, 0.29) is 21.9 Å². The zero-order valence-corrected chi connectivity index (χ0v) is 21.1. The third-order valence-electron chi connectivity index (χ3n) is 6.06. The number of carbonyl (C=O) groups is 2. The quantitative estimate of drug-likeness (QED) is 0.251. The number of ketones is 1. The molecule has 0 aliphatic carbocycles. The number of hydrogen-bond acceptors (Lipinski definition) is 6. The Morgan fingerprint density at radius 3 is 2.39 bits per heavy atom. The fraction of sp³-hybridized carbons (Fsp3) is 0.214. The second-order valence-corrected chi connectivity index (χ2v) is 8.55. The van der Waals surface area contributed by atoms with Gasteiger partial charge in [0.2, 0.25) is 0 Å². The van der Waals surface area contributed by atoms with Crippen LogP contribution < -0.4 is 19.1 Å². The average Bonchev–Trinajstić information content (AvgIpc) is 3.14. The van der Waals surface area contributed by atoms with E-state index in [2.05, 4.69) is 0 Å². The molecule has 0 radical (unpaired) electrons. The molecule has 3 aromatic carbocycles. The van der Waals surface area contributed by atoms with E-state index in [1.54, 1.807) is 24.3 Å². The molecule has 0 aromatic heterocycles. The Bertz CT molecular complexity index is 1370. The molecule has 1 atom stereocenters. The van der Waals surface area contributed by atoms with Crippen LogP contribution in [0.25, 0.3) is 5.76 Å². The number of aliphatic hydroxyl groups excluding tert-OH is 1. The summed E-state index contributed by atoms with van der Waals surface area (Å²) in [5.41, 5.74) is 2.10. The first-order valence-electron chi connectivity index (χ1n) is 11.3. The van der Waals surface area contributed by atoms with Crippen LogP contribution in [0.4, 0.5) is 5.69 Å². The van der Waals surface area contributed by atoms with Gasteiger partial charge < -0.3 is 19.3 Å². The lowest BCUT2D eigenvalue weighted by Crippen LogP contribution is -2.29. The van der Waals surface area contributed by atoms with E-state index in [1.165, 1.54) is 31.3 Å². The van der Waals surface area contributed by atoms with Crippen molar-refractivity contribution in [1.29, 1.82) is 0 Å². The summed E-state index contributed by atoms with van der Waals surface area (Å²) in [4.78, 5) is 28.3. The van der Waals surface area contributed by atoms with E-state index in [1.807, 2.05) is 38.1 Å². The highest BCUT2D eigenvalue weighted by atomic mass is 35.5.